The van der Waals surface area contributed by atoms with E-state index in [9.17, 15) is 14.4 Å². The van der Waals surface area contributed by atoms with Crippen LogP contribution in [-0.4, -0.2) is 52.1 Å². The number of hydrogen-bond donors (Lipinski definition) is 0. The van der Waals surface area contributed by atoms with Gasteiger partial charge in [-0.3, -0.25) is 9.59 Å². The van der Waals surface area contributed by atoms with E-state index in [-0.39, 0.29) is 24.4 Å². The van der Waals surface area contributed by atoms with Crippen molar-refractivity contribution in [1.82, 2.24) is 4.90 Å². The summed E-state index contributed by atoms with van der Waals surface area (Å²) in [6.07, 6.45) is 1.49. The van der Waals surface area contributed by atoms with Gasteiger partial charge in [-0.2, -0.15) is 0 Å². The number of benzene rings is 1. The molecule has 2 saturated heterocycles. The summed E-state index contributed by atoms with van der Waals surface area (Å²) in [5.74, 6) is -1.15. The summed E-state index contributed by atoms with van der Waals surface area (Å²) >= 11 is 1.51. The van der Waals surface area contributed by atoms with Gasteiger partial charge < -0.3 is 14.4 Å². The number of hydrogen-bond acceptors (Lipinski definition) is 6. The second-order valence-electron chi connectivity index (χ2n) is 7.55. The van der Waals surface area contributed by atoms with Crippen LogP contribution in [0.25, 0.3) is 0 Å². The van der Waals surface area contributed by atoms with Crippen LogP contribution in [0.5, 0.6) is 0 Å². The maximum atomic E-state index is 13.1. The Kier molecular flexibility index (Phi) is 6.13. The lowest BCUT2D eigenvalue weighted by Crippen LogP contribution is -2.52. The molecule has 1 amide bonds. The smallest absolute Gasteiger partial charge is 0.330 e. The molecule has 1 aromatic rings. The Hall–Kier alpha value is -2.28. The Morgan fingerprint density at radius 2 is 2.07 bits per heavy atom. The molecule has 2 fully saturated rings. The van der Waals surface area contributed by atoms with Crippen LogP contribution in [0.4, 0.5) is 0 Å². The number of ether oxygens (including phenoxy) is 2. The van der Waals surface area contributed by atoms with E-state index < -0.39 is 22.9 Å². The van der Waals surface area contributed by atoms with Crippen LogP contribution >= 0.6 is 11.8 Å². The highest BCUT2D eigenvalue weighted by molar-refractivity contribution is 8.00. The van der Waals surface area contributed by atoms with Gasteiger partial charge in [0.25, 0.3) is 5.91 Å². The molecule has 0 spiro atoms. The van der Waals surface area contributed by atoms with Gasteiger partial charge in [0.15, 0.2) is 6.10 Å². The number of cyclic esters (lactones) is 1. The van der Waals surface area contributed by atoms with Crippen molar-refractivity contribution in [2.24, 2.45) is 5.92 Å². The van der Waals surface area contributed by atoms with Crippen molar-refractivity contribution in [3.8, 4) is 0 Å². The number of nitrogens with zero attached hydrogens (tertiary/aromatic N) is 1. The minimum atomic E-state index is -0.856. The van der Waals surface area contributed by atoms with Crippen molar-refractivity contribution < 1.29 is 23.9 Å². The van der Waals surface area contributed by atoms with Crippen molar-refractivity contribution in [1.29, 1.82) is 0 Å². The average molecular weight is 404 g/mol. The predicted molar refractivity (Wildman–Crippen MR) is 106 cm³/mol. The second-order valence-corrected chi connectivity index (χ2v) is 9.15. The van der Waals surface area contributed by atoms with E-state index in [1.54, 1.807) is 0 Å². The Bertz CT molecular complexity index is 763. The molecule has 0 radical (unpaired) electrons. The fourth-order valence-electron chi connectivity index (χ4n) is 3.63. The highest BCUT2D eigenvalue weighted by Crippen LogP contribution is 2.41. The zero-order chi connectivity index (χ0) is 20.3. The van der Waals surface area contributed by atoms with Crippen molar-refractivity contribution in [2.45, 2.75) is 43.6 Å². The molecule has 7 heteroatoms. The lowest BCUT2D eigenvalue weighted by molar-refractivity contribution is -0.160. The molecule has 0 saturated carbocycles. The molecule has 0 aromatic heterocycles. The van der Waals surface area contributed by atoms with Gasteiger partial charge in [-0.15, -0.1) is 11.8 Å². The number of rotatable bonds is 6. The highest BCUT2D eigenvalue weighted by atomic mass is 32.2. The lowest BCUT2D eigenvalue weighted by atomic mass is 9.95. The highest BCUT2D eigenvalue weighted by Gasteiger charge is 2.52. The first-order valence-electron chi connectivity index (χ1n) is 9.30. The average Bonchev–Trinajstić information content (AvgIpc) is 3.19. The Morgan fingerprint density at radius 1 is 1.36 bits per heavy atom. The van der Waals surface area contributed by atoms with E-state index in [1.807, 2.05) is 44.2 Å². The fourth-order valence-corrected chi connectivity index (χ4v) is 4.76. The van der Waals surface area contributed by atoms with E-state index >= 15 is 0 Å². The Balaban J connectivity index is 1.69. The van der Waals surface area contributed by atoms with E-state index in [1.165, 1.54) is 22.7 Å². The molecule has 1 aromatic carbocycles. The molecule has 150 valence electrons. The van der Waals surface area contributed by atoms with Crippen molar-refractivity contribution in [2.75, 3.05) is 12.5 Å². The standard InChI is InChI=1S/C21H25NO5S/c1-4-10-26-20(25)17-21(2,3)28-13-22(17)18(23)16-12-15(19(24)27-16)11-14-8-6-5-7-9-14/h4-9,15-17H,1,10-13H2,2-3H3/t15-,16+,17-/m1/s1. The second kappa shape index (κ2) is 8.39. The van der Waals surface area contributed by atoms with Gasteiger partial charge in [0, 0.05) is 11.2 Å². The minimum Gasteiger partial charge on any atom is -0.460 e. The number of thioether (sulfide) groups is 1. The molecule has 0 bridgehead atoms. The summed E-state index contributed by atoms with van der Waals surface area (Å²) in [5, 5.41) is 0. The molecule has 0 unspecified atom stereocenters. The Labute approximate surface area is 169 Å². The van der Waals surface area contributed by atoms with Gasteiger partial charge in [0.05, 0.1) is 11.8 Å². The third-order valence-electron chi connectivity index (χ3n) is 5.09. The molecule has 3 rings (SSSR count). The largest absolute Gasteiger partial charge is 0.460 e. The van der Waals surface area contributed by atoms with Crippen LogP contribution in [0.3, 0.4) is 0 Å². The van der Waals surface area contributed by atoms with Crippen LogP contribution in [-0.2, 0) is 30.3 Å². The third-order valence-corrected chi connectivity index (χ3v) is 6.46. The van der Waals surface area contributed by atoms with Gasteiger partial charge in [0.1, 0.15) is 12.6 Å². The number of esters is 2. The summed E-state index contributed by atoms with van der Waals surface area (Å²) in [6.45, 7) is 7.45. The number of amides is 1. The molecule has 28 heavy (non-hydrogen) atoms. The van der Waals surface area contributed by atoms with E-state index in [0.717, 1.165) is 5.56 Å². The van der Waals surface area contributed by atoms with Crippen molar-refractivity contribution in [3.05, 3.63) is 48.6 Å². The lowest BCUT2D eigenvalue weighted by Gasteiger charge is -2.30. The summed E-state index contributed by atoms with van der Waals surface area (Å²) in [4.78, 5) is 39.4. The van der Waals surface area contributed by atoms with Gasteiger partial charge in [-0.1, -0.05) is 43.0 Å². The van der Waals surface area contributed by atoms with Gasteiger partial charge >= 0.3 is 11.9 Å². The molecule has 6 nitrogen and oxygen atoms in total. The van der Waals surface area contributed by atoms with Crippen LogP contribution in [0, 0.1) is 5.92 Å². The first-order valence-corrected chi connectivity index (χ1v) is 10.3. The molecule has 0 N–H and O–H groups in total. The van der Waals surface area contributed by atoms with Gasteiger partial charge in [0.2, 0.25) is 0 Å². The van der Waals surface area contributed by atoms with Crippen LogP contribution < -0.4 is 0 Å². The quantitative estimate of drug-likeness (QED) is 0.537. The maximum absolute atomic E-state index is 13.1. The van der Waals surface area contributed by atoms with Crippen LogP contribution in [0.15, 0.2) is 43.0 Å². The summed E-state index contributed by atoms with van der Waals surface area (Å²) in [7, 11) is 0. The summed E-state index contributed by atoms with van der Waals surface area (Å²) in [6, 6.07) is 8.93. The van der Waals surface area contributed by atoms with E-state index in [0.29, 0.717) is 18.7 Å². The van der Waals surface area contributed by atoms with Crippen molar-refractivity contribution in [3.63, 3.8) is 0 Å². The Morgan fingerprint density at radius 3 is 2.75 bits per heavy atom. The molecular formula is C21H25NO5S. The zero-order valence-electron chi connectivity index (χ0n) is 16.1. The monoisotopic (exact) mass is 403 g/mol. The van der Waals surface area contributed by atoms with Gasteiger partial charge in [-0.25, -0.2) is 4.79 Å². The van der Waals surface area contributed by atoms with Crippen LogP contribution in [0.1, 0.15) is 25.8 Å². The minimum absolute atomic E-state index is 0.0929. The van der Waals surface area contributed by atoms with E-state index in [4.69, 9.17) is 9.47 Å². The summed E-state index contributed by atoms with van der Waals surface area (Å²) < 4.78 is 10.1. The summed E-state index contributed by atoms with van der Waals surface area (Å²) in [5.41, 5.74) is 1.03. The molecule has 2 aliphatic heterocycles. The van der Waals surface area contributed by atoms with Crippen LogP contribution in [0.2, 0.25) is 0 Å². The number of carbonyl (C=O) groups is 3. The SMILES string of the molecule is C=CCOC(=O)[C@H]1N(C(=O)[C@@H]2C[C@@H](Cc3ccccc3)C(=O)O2)CSC1(C)C. The first kappa shape index (κ1) is 20.5. The zero-order valence-corrected chi connectivity index (χ0v) is 16.9. The molecule has 3 atom stereocenters. The van der Waals surface area contributed by atoms with Gasteiger partial charge in [-0.05, 0) is 25.8 Å². The molecule has 2 aliphatic rings. The number of carbonyl (C=O) groups excluding carboxylic acids is 3. The first-order chi connectivity index (χ1) is 13.3. The third kappa shape index (κ3) is 4.24. The van der Waals surface area contributed by atoms with Crippen molar-refractivity contribution >= 4 is 29.6 Å². The normalized spacial score (nSPS) is 26.0. The molecule has 2 heterocycles. The van der Waals surface area contributed by atoms with E-state index in [2.05, 4.69) is 6.58 Å². The predicted octanol–water partition coefficient (Wildman–Crippen LogP) is 2.57. The molecule has 0 aliphatic carbocycles. The fraction of sp³-hybridized carbons (Fsp3) is 0.476. The molecular weight excluding hydrogens is 378 g/mol. The topological polar surface area (TPSA) is 72.9 Å². The maximum Gasteiger partial charge on any atom is 0.330 e.